The largest absolute Gasteiger partial charge is 0.394 e. The first kappa shape index (κ1) is 14.2. The Morgan fingerprint density at radius 3 is 2.81 bits per heavy atom. The molecule has 1 aromatic heterocycles. The number of fused-ring (bicyclic) bond motifs is 1. The Morgan fingerprint density at radius 2 is 2.19 bits per heavy atom. The van der Waals surface area contributed by atoms with Gasteiger partial charge in [0.25, 0.3) is 0 Å². The van der Waals surface area contributed by atoms with E-state index in [1.165, 1.54) is 17.8 Å². The number of aliphatic imine (C=N–C) groups is 1. The maximum Gasteiger partial charge on any atom is 0.197 e. The summed E-state index contributed by atoms with van der Waals surface area (Å²) >= 11 is 0. The molecule has 0 spiro atoms. The van der Waals surface area contributed by atoms with E-state index in [2.05, 4.69) is 15.3 Å². The summed E-state index contributed by atoms with van der Waals surface area (Å²) in [4.78, 5) is 8.10. The number of ether oxygens (including phenoxy) is 1. The molecule has 1 saturated heterocycles. The molecule has 3 rings (SSSR count). The van der Waals surface area contributed by atoms with Crippen LogP contribution in [-0.4, -0.2) is 60.9 Å². The number of aliphatic hydroxyl groups is 4. The number of nitrogens with zero attached hydrogens (tertiary/aromatic N) is 3. The van der Waals surface area contributed by atoms with Crippen molar-refractivity contribution >= 4 is 11.8 Å². The van der Waals surface area contributed by atoms with Crippen molar-refractivity contribution in [3.05, 3.63) is 12.0 Å². The van der Waals surface area contributed by atoms with Crippen molar-refractivity contribution in [1.82, 2.24) is 14.9 Å². The lowest BCUT2D eigenvalue weighted by molar-refractivity contribution is -0.0522. The number of rotatable bonds is 2. The van der Waals surface area contributed by atoms with Gasteiger partial charge >= 0.3 is 0 Å². The van der Waals surface area contributed by atoms with Gasteiger partial charge in [-0.1, -0.05) is 0 Å². The number of nitrogens with one attached hydrogen (secondary N) is 1. The van der Waals surface area contributed by atoms with Crippen LogP contribution in [0.2, 0.25) is 0 Å². The Bertz CT molecular complexity index is 586. The molecule has 5 atom stereocenters. The zero-order valence-electron chi connectivity index (χ0n) is 11.2. The van der Waals surface area contributed by atoms with E-state index in [1.807, 2.05) is 0 Å². The third-order valence-corrected chi connectivity index (χ3v) is 3.62. The Labute approximate surface area is 119 Å². The van der Waals surface area contributed by atoms with Crippen LogP contribution >= 0.6 is 0 Å². The van der Waals surface area contributed by atoms with Crippen molar-refractivity contribution in [2.24, 2.45) is 10.7 Å². The topological polar surface area (TPSA) is 158 Å². The highest BCUT2D eigenvalue weighted by Gasteiger charge is 2.45. The summed E-state index contributed by atoms with van der Waals surface area (Å²) < 4.78 is 6.77. The van der Waals surface area contributed by atoms with Gasteiger partial charge in [0.05, 0.1) is 12.9 Å². The van der Waals surface area contributed by atoms with Crippen LogP contribution in [0.15, 0.2) is 11.3 Å². The molecule has 0 amide bonds. The van der Waals surface area contributed by atoms with Crippen LogP contribution in [0.25, 0.3) is 0 Å². The molecule has 0 aromatic carbocycles. The number of aromatic nitrogens is 2. The van der Waals surface area contributed by atoms with Crippen LogP contribution in [0.3, 0.4) is 0 Å². The number of imidazole rings is 1. The lowest BCUT2D eigenvalue weighted by atomic mass is 10.1. The summed E-state index contributed by atoms with van der Waals surface area (Å²) in [5, 5.41) is 41.7. The van der Waals surface area contributed by atoms with E-state index < -0.39 is 36.9 Å². The first-order valence-electron chi connectivity index (χ1n) is 6.39. The second-order valence-electron chi connectivity index (χ2n) is 5.25. The van der Waals surface area contributed by atoms with Gasteiger partial charge in [0.2, 0.25) is 0 Å². The van der Waals surface area contributed by atoms with Crippen LogP contribution in [0.5, 0.6) is 0 Å². The highest BCUT2D eigenvalue weighted by atomic mass is 16.6. The Hall–Kier alpha value is -1.72. The van der Waals surface area contributed by atoms with Crippen molar-refractivity contribution in [3.63, 3.8) is 0 Å². The molecule has 116 valence electrons. The van der Waals surface area contributed by atoms with Gasteiger partial charge in [0.1, 0.15) is 24.0 Å². The summed E-state index contributed by atoms with van der Waals surface area (Å²) in [6, 6.07) is 0. The zero-order valence-corrected chi connectivity index (χ0v) is 11.2. The third-order valence-electron chi connectivity index (χ3n) is 3.62. The average molecular weight is 299 g/mol. The molecule has 1 fully saturated rings. The van der Waals surface area contributed by atoms with Crippen molar-refractivity contribution in [1.29, 1.82) is 0 Å². The number of nitrogens with two attached hydrogens (primary N) is 1. The smallest absolute Gasteiger partial charge is 0.197 e. The van der Waals surface area contributed by atoms with Gasteiger partial charge in [-0.15, -0.1) is 0 Å². The normalized spacial score (nSPS) is 38.8. The highest BCUT2D eigenvalue weighted by Crippen LogP contribution is 2.37. The molecule has 21 heavy (non-hydrogen) atoms. The van der Waals surface area contributed by atoms with E-state index in [1.54, 1.807) is 0 Å². The number of hydrogen-bond acceptors (Lipinski definition) is 9. The zero-order chi connectivity index (χ0) is 15.4. The molecule has 0 bridgehead atoms. The SMILES string of the molecule is CC1(O)NC(N)=Nc2c1ncn2[C@@H]1O[C@H](CO)[C@@H](O)[C@H]1O. The first-order valence-corrected chi connectivity index (χ1v) is 6.39. The molecule has 7 N–H and O–H groups in total. The van der Waals surface area contributed by atoms with E-state index in [0.29, 0.717) is 0 Å². The lowest BCUT2D eigenvalue weighted by Gasteiger charge is -2.28. The minimum Gasteiger partial charge on any atom is -0.394 e. The molecule has 10 heteroatoms. The fraction of sp³-hybridized carbons (Fsp3) is 0.636. The van der Waals surface area contributed by atoms with Crippen molar-refractivity contribution in [2.75, 3.05) is 6.61 Å². The van der Waals surface area contributed by atoms with Crippen LogP contribution < -0.4 is 11.1 Å². The quantitative estimate of drug-likeness (QED) is 0.342. The second kappa shape index (κ2) is 4.64. The summed E-state index contributed by atoms with van der Waals surface area (Å²) in [7, 11) is 0. The predicted molar refractivity (Wildman–Crippen MR) is 69.2 cm³/mol. The van der Waals surface area contributed by atoms with Gasteiger partial charge in [-0.2, -0.15) is 4.99 Å². The van der Waals surface area contributed by atoms with E-state index in [-0.39, 0.29) is 17.5 Å². The van der Waals surface area contributed by atoms with Crippen molar-refractivity contribution < 1.29 is 25.2 Å². The standard InChI is InChI=1S/C11H17N5O5/c1-11(20)7-8(14-10(12)15-11)16(3-13-7)9-6(19)5(18)4(2-17)21-9/h3-6,9,17-20H,2H2,1H3,(H3,12,14,15)/t4-,5-,6-,9-,11?/m1/s1. The van der Waals surface area contributed by atoms with E-state index in [9.17, 15) is 15.3 Å². The molecule has 10 nitrogen and oxygen atoms in total. The highest BCUT2D eigenvalue weighted by molar-refractivity contribution is 5.83. The summed E-state index contributed by atoms with van der Waals surface area (Å²) in [5.41, 5.74) is 4.32. The molecule has 1 unspecified atom stereocenters. The number of aliphatic hydroxyl groups excluding tert-OH is 3. The van der Waals surface area contributed by atoms with Gasteiger partial charge in [-0.3, -0.25) is 4.57 Å². The second-order valence-corrected chi connectivity index (χ2v) is 5.25. The van der Waals surface area contributed by atoms with Gasteiger partial charge in [0.15, 0.2) is 23.7 Å². The van der Waals surface area contributed by atoms with Gasteiger partial charge in [-0.25, -0.2) is 4.98 Å². The van der Waals surface area contributed by atoms with Crippen molar-refractivity contribution in [2.45, 2.75) is 37.2 Å². The summed E-state index contributed by atoms with van der Waals surface area (Å²) in [6.07, 6.45) is -3.08. The van der Waals surface area contributed by atoms with Gasteiger partial charge in [0, 0.05) is 0 Å². The fourth-order valence-electron chi connectivity index (χ4n) is 2.56. The summed E-state index contributed by atoms with van der Waals surface area (Å²) in [6.45, 7) is 1.03. The van der Waals surface area contributed by atoms with Gasteiger partial charge < -0.3 is 36.2 Å². The predicted octanol–water partition coefficient (Wildman–Crippen LogP) is -2.79. The molecule has 0 saturated carbocycles. The Morgan fingerprint density at radius 1 is 1.48 bits per heavy atom. The molecule has 0 radical (unpaired) electrons. The minimum atomic E-state index is -1.51. The minimum absolute atomic E-state index is 0.0130. The van der Waals surface area contributed by atoms with E-state index in [4.69, 9.17) is 15.6 Å². The van der Waals surface area contributed by atoms with E-state index in [0.717, 1.165) is 0 Å². The average Bonchev–Trinajstić information content (AvgIpc) is 2.93. The van der Waals surface area contributed by atoms with Crippen LogP contribution in [0.1, 0.15) is 18.8 Å². The molecule has 2 aliphatic heterocycles. The van der Waals surface area contributed by atoms with Crippen LogP contribution in [-0.2, 0) is 10.5 Å². The number of hydrogen-bond donors (Lipinski definition) is 6. The fourth-order valence-corrected chi connectivity index (χ4v) is 2.56. The molecule has 0 aliphatic carbocycles. The third kappa shape index (κ3) is 2.08. The van der Waals surface area contributed by atoms with Crippen LogP contribution in [0.4, 0.5) is 5.82 Å². The monoisotopic (exact) mass is 299 g/mol. The number of guanidine groups is 1. The summed E-state index contributed by atoms with van der Waals surface area (Å²) in [5.74, 6) is 0.201. The lowest BCUT2D eigenvalue weighted by Crippen LogP contribution is -2.49. The molecular weight excluding hydrogens is 282 g/mol. The first-order chi connectivity index (χ1) is 9.85. The Kier molecular flexibility index (Phi) is 3.15. The molecule has 1 aromatic rings. The molecule has 3 heterocycles. The van der Waals surface area contributed by atoms with Crippen molar-refractivity contribution in [3.8, 4) is 0 Å². The Balaban J connectivity index is 2.01. The maximum atomic E-state index is 10.2. The van der Waals surface area contributed by atoms with E-state index >= 15 is 0 Å². The van der Waals surface area contributed by atoms with Crippen LogP contribution in [0, 0.1) is 0 Å². The maximum absolute atomic E-state index is 10.2. The van der Waals surface area contributed by atoms with Gasteiger partial charge in [-0.05, 0) is 6.92 Å². The molecule has 2 aliphatic rings. The molecular formula is C11H17N5O5.